The second-order valence-corrected chi connectivity index (χ2v) is 6.82. The van der Waals surface area contributed by atoms with E-state index in [-0.39, 0.29) is 18.7 Å². The molecule has 2 heterocycles. The molecule has 0 aliphatic heterocycles. The van der Waals surface area contributed by atoms with Gasteiger partial charge in [0.15, 0.2) is 11.5 Å². The van der Waals surface area contributed by atoms with Crippen molar-refractivity contribution in [2.24, 2.45) is 0 Å². The molecule has 4 aromatic rings. The van der Waals surface area contributed by atoms with E-state index in [1.807, 2.05) is 19.1 Å². The van der Waals surface area contributed by atoms with Crippen LogP contribution in [0.25, 0.3) is 22.1 Å². The highest BCUT2D eigenvalue weighted by atomic mass is 16.5. The topological polar surface area (TPSA) is 94.6 Å². The number of nitrogens with one attached hydrogen (secondary N) is 1. The van der Waals surface area contributed by atoms with Crippen LogP contribution >= 0.6 is 0 Å². The normalized spacial score (nSPS) is 11.1. The van der Waals surface area contributed by atoms with E-state index in [4.69, 9.17) is 13.6 Å². The molecule has 2 aromatic carbocycles. The van der Waals surface area contributed by atoms with E-state index in [1.54, 1.807) is 38.3 Å². The van der Waals surface area contributed by atoms with Gasteiger partial charge in [-0.3, -0.25) is 4.79 Å². The van der Waals surface area contributed by atoms with Gasteiger partial charge in [0.2, 0.25) is 5.91 Å². The van der Waals surface area contributed by atoms with E-state index in [0.717, 1.165) is 10.9 Å². The number of benzene rings is 2. The van der Waals surface area contributed by atoms with E-state index >= 15 is 0 Å². The zero-order valence-electron chi connectivity index (χ0n) is 16.4. The average molecular weight is 392 g/mol. The molecule has 7 nitrogen and oxygen atoms in total. The number of nitrogens with zero attached hydrogens (tertiary/aromatic N) is 1. The Bertz CT molecular complexity index is 1290. The maximum Gasteiger partial charge on any atom is 0.339 e. The van der Waals surface area contributed by atoms with Crippen molar-refractivity contribution in [1.82, 2.24) is 4.98 Å². The number of carbonyl (C=O) groups excluding carboxylic acids is 1. The van der Waals surface area contributed by atoms with Crippen molar-refractivity contribution in [3.63, 3.8) is 0 Å². The van der Waals surface area contributed by atoms with Gasteiger partial charge in [0.1, 0.15) is 16.8 Å². The molecule has 0 bridgehead atoms. The SMILES string of the molecule is COc1ccc2c(C)c(CCC(=O)Nc3ccc4oc(C)nc4c3)c(=O)oc2c1. The second-order valence-electron chi connectivity index (χ2n) is 6.82. The summed E-state index contributed by atoms with van der Waals surface area (Å²) in [4.78, 5) is 29.1. The van der Waals surface area contributed by atoms with Gasteiger partial charge < -0.3 is 18.9 Å². The molecule has 148 valence electrons. The highest BCUT2D eigenvalue weighted by molar-refractivity contribution is 5.93. The van der Waals surface area contributed by atoms with Crippen LogP contribution in [0.1, 0.15) is 23.4 Å². The molecule has 0 unspecified atom stereocenters. The number of oxazole rings is 1. The molecule has 1 amide bonds. The third-order valence-electron chi connectivity index (χ3n) is 4.87. The Hall–Kier alpha value is -3.61. The summed E-state index contributed by atoms with van der Waals surface area (Å²) in [5.74, 6) is 0.990. The molecular weight excluding hydrogens is 372 g/mol. The van der Waals surface area contributed by atoms with Crippen LogP contribution in [0.5, 0.6) is 5.75 Å². The molecular formula is C22H20N2O5. The van der Waals surface area contributed by atoms with Crippen molar-refractivity contribution in [3.8, 4) is 5.75 Å². The van der Waals surface area contributed by atoms with Gasteiger partial charge in [0, 0.05) is 36.0 Å². The first-order chi connectivity index (χ1) is 13.9. The minimum atomic E-state index is -0.435. The largest absolute Gasteiger partial charge is 0.497 e. The number of ether oxygens (including phenoxy) is 1. The third kappa shape index (κ3) is 3.71. The fourth-order valence-corrected chi connectivity index (χ4v) is 3.37. The van der Waals surface area contributed by atoms with Crippen molar-refractivity contribution in [2.75, 3.05) is 12.4 Å². The second kappa shape index (κ2) is 7.43. The Kier molecular flexibility index (Phi) is 4.80. The van der Waals surface area contributed by atoms with Crippen molar-refractivity contribution in [3.05, 3.63) is 63.8 Å². The van der Waals surface area contributed by atoms with Crippen molar-refractivity contribution in [1.29, 1.82) is 0 Å². The van der Waals surface area contributed by atoms with Crippen LogP contribution in [0.3, 0.4) is 0 Å². The number of aromatic nitrogens is 1. The van der Waals surface area contributed by atoms with E-state index in [9.17, 15) is 9.59 Å². The van der Waals surface area contributed by atoms with Gasteiger partial charge in [-0.2, -0.15) is 0 Å². The van der Waals surface area contributed by atoms with Gasteiger partial charge >= 0.3 is 5.63 Å². The maximum atomic E-state index is 12.4. The van der Waals surface area contributed by atoms with Crippen LogP contribution < -0.4 is 15.7 Å². The molecule has 0 radical (unpaired) electrons. The van der Waals surface area contributed by atoms with Gasteiger partial charge in [0.05, 0.1) is 7.11 Å². The predicted molar refractivity (Wildman–Crippen MR) is 109 cm³/mol. The van der Waals surface area contributed by atoms with Gasteiger partial charge in [-0.1, -0.05) is 0 Å². The molecule has 29 heavy (non-hydrogen) atoms. The lowest BCUT2D eigenvalue weighted by atomic mass is 10.0. The van der Waals surface area contributed by atoms with Crippen LogP contribution in [-0.2, 0) is 11.2 Å². The molecule has 0 spiro atoms. The summed E-state index contributed by atoms with van der Waals surface area (Å²) in [6, 6.07) is 10.6. The van der Waals surface area contributed by atoms with Crippen molar-refractivity contribution in [2.45, 2.75) is 26.7 Å². The van der Waals surface area contributed by atoms with Crippen LogP contribution in [0.15, 0.2) is 50.0 Å². The number of hydrogen-bond donors (Lipinski definition) is 1. The quantitative estimate of drug-likeness (QED) is 0.513. The molecule has 0 saturated heterocycles. The number of amides is 1. The molecule has 4 rings (SSSR count). The molecule has 0 aliphatic rings. The molecule has 0 atom stereocenters. The molecule has 7 heteroatoms. The smallest absolute Gasteiger partial charge is 0.339 e. The summed E-state index contributed by atoms with van der Waals surface area (Å²) in [6.45, 7) is 3.63. The number of fused-ring (bicyclic) bond motifs is 2. The van der Waals surface area contributed by atoms with Crippen molar-refractivity contribution < 1.29 is 18.4 Å². The van der Waals surface area contributed by atoms with Crippen LogP contribution in [0, 0.1) is 13.8 Å². The molecule has 0 aliphatic carbocycles. The van der Waals surface area contributed by atoms with Gasteiger partial charge in [-0.15, -0.1) is 0 Å². The highest BCUT2D eigenvalue weighted by Crippen LogP contribution is 2.25. The first-order valence-corrected chi connectivity index (χ1v) is 9.22. The standard InChI is InChI=1S/C22H20N2O5/c1-12-16-6-5-15(27-3)11-20(16)29-22(26)17(12)7-9-21(25)24-14-4-8-19-18(10-14)23-13(2)28-19/h4-6,8,10-11H,7,9H2,1-3H3,(H,24,25). The Morgan fingerprint density at radius 2 is 1.93 bits per heavy atom. The minimum Gasteiger partial charge on any atom is -0.497 e. The number of rotatable bonds is 5. The minimum absolute atomic E-state index is 0.156. The number of carbonyl (C=O) groups is 1. The lowest BCUT2D eigenvalue weighted by Crippen LogP contribution is -2.16. The highest BCUT2D eigenvalue weighted by Gasteiger charge is 2.14. The van der Waals surface area contributed by atoms with Crippen molar-refractivity contribution >= 4 is 33.7 Å². The fourth-order valence-electron chi connectivity index (χ4n) is 3.37. The lowest BCUT2D eigenvalue weighted by molar-refractivity contribution is -0.116. The van der Waals surface area contributed by atoms with Gasteiger partial charge in [0.25, 0.3) is 0 Å². The summed E-state index contributed by atoms with van der Waals surface area (Å²) in [5.41, 5.74) is 3.33. The molecule has 0 saturated carbocycles. The summed E-state index contributed by atoms with van der Waals surface area (Å²) in [5, 5.41) is 3.66. The van der Waals surface area contributed by atoms with E-state index < -0.39 is 5.63 Å². The summed E-state index contributed by atoms with van der Waals surface area (Å²) in [7, 11) is 1.56. The summed E-state index contributed by atoms with van der Waals surface area (Å²) < 4.78 is 16.0. The first-order valence-electron chi connectivity index (χ1n) is 9.22. The third-order valence-corrected chi connectivity index (χ3v) is 4.87. The monoisotopic (exact) mass is 392 g/mol. The van der Waals surface area contributed by atoms with E-state index in [1.165, 1.54) is 0 Å². The number of hydrogen-bond acceptors (Lipinski definition) is 6. The lowest BCUT2D eigenvalue weighted by Gasteiger charge is -2.09. The summed E-state index contributed by atoms with van der Waals surface area (Å²) >= 11 is 0. The zero-order chi connectivity index (χ0) is 20.5. The fraction of sp³-hybridized carbons (Fsp3) is 0.227. The van der Waals surface area contributed by atoms with E-state index in [0.29, 0.717) is 39.6 Å². The van der Waals surface area contributed by atoms with E-state index in [2.05, 4.69) is 10.3 Å². The maximum absolute atomic E-state index is 12.4. The predicted octanol–water partition coefficient (Wildman–Crippen LogP) is 4.13. The van der Waals surface area contributed by atoms with Crippen LogP contribution in [0.4, 0.5) is 5.69 Å². The molecule has 2 aromatic heterocycles. The Morgan fingerprint density at radius 3 is 2.72 bits per heavy atom. The van der Waals surface area contributed by atoms with Gasteiger partial charge in [-0.25, -0.2) is 9.78 Å². The number of methoxy groups -OCH3 is 1. The average Bonchev–Trinajstić information content (AvgIpc) is 3.06. The number of aryl methyl sites for hydroxylation is 2. The zero-order valence-corrected chi connectivity index (χ0v) is 16.4. The summed E-state index contributed by atoms with van der Waals surface area (Å²) in [6.07, 6.45) is 0.441. The van der Waals surface area contributed by atoms with Crippen LogP contribution in [-0.4, -0.2) is 18.0 Å². The molecule has 0 fully saturated rings. The molecule has 1 N–H and O–H groups in total. The number of anilines is 1. The Morgan fingerprint density at radius 1 is 1.10 bits per heavy atom. The van der Waals surface area contributed by atoms with Crippen LogP contribution in [0.2, 0.25) is 0 Å². The Labute approximate surface area is 166 Å². The Balaban J connectivity index is 1.50. The first kappa shape index (κ1) is 18.7. The van der Waals surface area contributed by atoms with Gasteiger partial charge in [-0.05, 0) is 49.2 Å².